The van der Waals surface area contributed by atoms with Gasteiger partial charge in [-0.3, -0.25) is 4.98 Å². The van der Waals surface area contributed by atoms with Gasteiger partial charge in [0.1, 0.15) is 11.5 Å². The zero-order valence-electron chi connectivity index (χ0n) is 19.5. The van der Waals surface area contributed by atoms with E-state index < -0.39 is 0 Å². The average molecular weight is 449 g/mol. The molecule has 4 heteroatoms. The van der Waals surface area contributed by atoms with E-state index in [9.17, 15) is 10.1 Å². The van der Waals surface area contributed by atoms with Crippen LogP contribution in [-0.2, 0) is 23.1 Å². The summed E-state index contributed by atoms with van der Waals surface area (Å²) >= 11 is 0. The third-order valence-corrected chi connectivity index (χ3v) is 7.87. The predicted octanol–water partition coefficient (Wildman–Crippen LogP) is 6.03. The predicted molar refractivity (Wildman–Crippen MR) is 131 cm³/mol. The van der Waals surface area contributed by atoms with Crippen LogP contribution in [0.2, 0.25) is 0 Å². The van der Waals surface area contributed by atoms with Crippen LogP contribution in [0.1, 0.15) is 72.4 Å². The molecule has 3 aliphatic rings. The van der Waals surface area contributed by atoms with Gasteiger partial charge in [0.05, 0.1) is 23.8 Å². The number of pyridine rings is 1. The zero-order chi connectivity index (χ0) is 23.3. The van der Waals surface area contributed by atoms with Crippen LogP contribution in [0.3, 0.4) is 0 Å². The molecule has 1 aliphatic heterocycles. The summed E-state index contributed by atoms with van der Waals surface area (Å²) in [7, 11) is 0. The zero-order valence-corrected chi connectivity index (χ0v) is 19.5. The molecule has 6 rings (SSSR count). The third kappa shape index (κ3) is 3.51. The molecule has 0 amide bonds. The van der Waals surface area contributed by atoms with Crippen molar-refractivity contribution in [3.8, 4) is 22.9 Å². The molecule has 2 heterocycles. The average Bonchev–Trinajstić information content (AvgIpc) is 3.41. The lowest BCUT2D eigenvalue weighted by atomic mass is 9.86. The molecule has 2 atom stereocenters. The molecule has 1 saturated carbocycles. The maximum Gasteiger partial charge on any atom is 0.141 e. The molecular formula is C30H28N2O2. The monoisotopic (exact) mass is 448 g/mol. The summed E-state index contributed by atoms with van der Waals surface area (Å²) in [5, 5.41) is 9.82. The first kappa shape index (κ1) is 21.1. The summed E-state index contributed by atoms with van der Waals surface area (Å²) in [4.78, 5) is 16.3. The lowest BCUT2D eigenvalue weighted by Crippen LogP contribution is -2.06. The fourth-order valence-electron chi connectivity index (χ4n) is 5.99. The van der Waals surface area contributed by atoms with Gasteiger partial charge in [-0.2, -0.15) is 5.26 Å². The van der Waals surface area contributed by atoms with E-state index in [0.29, 0.717) is 18.9 Å². The molecule has 170 valence electrons. The number of ketones is 1. The standard InChI is InChI=1S/C30H28N2O2/c1-19(33)13-22-17-34-28-15-20(16-32-29(22)28)14-21-9-10-25-23(21)6-4-7-24(25)26-5-2-3-8-27(26)30(18-31)11-12-30/h2-8,15-16,21-22H,9-14,17H2,1H3/t21-,22?/m0/s1. The van der Waals surface area contributed by atoms with Crippen LogP contribution >= 0.6 is 0 Å². The van der Waals surface area contributed by atoms with Crippen molar-refractivity contribution < 1.29 is 9.53 Å². The smallest absolute Gasteiger partial charge is 0.141 e. The summed E-state index contributed by atoms with van der Waals surface area (Å²) < 4.78 is 5.88. The summed E-state index contributed by atoms with van der Waals surface area (Å²) in [6.07, 6.45) is 7.48. The van der Waals surface area contributed by atoms with Crippen molar-refractivity contribution in [1.82, 2.24) is 4.98 Å². The van der Waals surface area contributed by atoms with E-state index in [-0.39, 0.29) is 17.1 Å². The Hall–Kier alpha value is -3.45. The molecule has 0 spiro atoms. The number of Topliss-reactive ketones (excluding diaryl/α,β-unsaturated/α-hetero) is 1. The Morgan fingerprint density at radius 2 is 1.97 bits per heavy atom. The molecular weight excluding hydrogens is 420 g/mol. The van der Waals surface area contributed by atoms with E-state index in [2.05, 4.69) is 54.6 Å². The van der Waals surface area contributed by atoms with E-state index in [1.54, 1.807) is 6.92 Å². The number of fused-ring (bicyclic) bond motifs is 2. The normalized spacial score (nSPS) is 21.3. The molecule has 1 aromatic heterocycles. The second-order valence-corrected chi connectivity index (χ2v) is 10.2. The van der Waals surface area contributed by atoms with Gasteiger partial charge in [0, 0.05) is 18.5 Å². The van der Waals surface area contributed by atoms with Gasteiger partial charge in [0.2, 0.25) is 0 Å². The maximum absolute atomic E-state index is 11.6. The van der Waals surface area contributed by atoms with Crippen LogP contribution in [0.4, 0.5) is 0 Å². The summed E-state index contributed by atoms with van der Waals surface area (Å²) in [5.74, 6) is 1.55. The number of aromatic nitrogens is 1. The van der Waals surface area contributed by atoms with E-state index in [1.165, 1.54) is 33.4 Å². The summed E-state index contributed by atoms with van der Waals surface area (Å²) in [6, 6.07) is 19.9. The van der Waals surface area contributed by atoms with Crippen LogP contribution in [0, 0.1) is 11.3 Å². The van der Waals surface area contributed by atoms with Gasteiger partial charge in [-0.15, -0.1) is 0 Å². The largest absolute Gasteiger partial charge is 0.491 e. The number of benzene rings is 2. The first-order valence-electron chi connectivity index (χ1n) is 12.3. The van der Waals surface area contributed by atoms with E-state index in [1.807, 2.05) is 6.20 Å². The Morgan fingerprint density at radius 1 is 1.15 bits per heavy atom. The molecule has 1 unspecified atom stereocenters. The van der Waals surface area contributed by atoms with Crippen LogP contribution < -0.4 is 4.74 Å². The number of carbonyl (C=O) groups is 1. The molecule has 0 bridgehead atoms. The number of hydrogen-bond donors (Lipinski definition) is 0. The maximum atomic E-state index is 11.6. The van der Waals surface area contributed by atoms with Gasteiger partial charge in [-0.05, 0) is 84.4 Å². The van der Waals surface area contributed by atoms with Crippen molar-refractivity contribution in [2.75, 3.05) is 6.61 Å². The topological polar surface area (TPSA) is 63.0 Å². The highest BCUT2D eigenvalue weighted by molar-refractivity contribution is 5.77. The van der Waals surface area contributed by atoms with E-state index in [0.717, 1.165) is 43.5 Å². The van der Waals surface area contributed by atoms with Gasteiger partial charge in [-0.25, -0.2) is 0 Å². The molecule has 2 aliphatic carbocycles. The number of ether oxygens (including phenoxy) is 1. The first-order valence-corrected chi connectivity index (χ1v) is 12.3. The highest BCUT2D eigenvalue weighted by Gasteiger charge is 2.46. The van der Waals surface area contributed by atoms with Crippen molar-refractivity contribution in [3.05, 3.63) is 82.7 Å². The number of carbonyl (C=O) groups excluding carboxylic acids is 1. The molecule has 3 aromatic rings. The number of rotatable bonds is 6. The van der Waals surface area contributed by atoms with Crippen LogP contribution in [-0.4, -0.2) is 17.4 Å². The highest BCUT2D eigenvalue weighted by Crippen LogP contribution is 2.52. The minimum Gasteiger partial charge on any atom is -0.491 e. The molecule has 4 nitrogen and oxygen atoms in total. The number of hydrogen-bond acceptors (Lipinski definition) is 4. The lowest BCUT2D eigenvalue weighted by molar-refractivity contribution is -0.117. The van der Waals surface area contributed by atoms with Crippen LogP contribution in [0.25, 0.3) is 11.1 Å². The van der Waals surface area contributed by atoms with Crippen molar-refractivity contribution in [2.45, 2.75) is 62.7 Å². The quantitative estimate of drug-likeness (QED) is 0.462. The molecule has 34 heavy (non-hydrogen) atoms. The SMILES string of the molecule is CC(=O)CC1COc2cc(C[C@@H]3CCc4c(-c5ccccc5C5(C#N)CC5)cccc43)cnc21. The molecule has 0 radical (unpaired) electrons. The van der Waals surface area contributed by atoms with Gasteiger partial charge < -0.3 is 9.53 Å². The molecule has 1 fully saturated rings. The minimum absolute atomic E-state index is 0.0829. The van der Waals surface area contributed by atoms with Gasteiger partial charge >= 0.3 is 0 Å². The van der Waals surface area contributed by atoms with Crippen molar-refractivity contribution >= 4 is 5.78 Å². The Balaban J connectivity index is 1.29. The Morgan fingerprint density at radius 3 is 2.76 bits per heavy atom. The number of nitrogens with zero attached hydrogens (tertiary/aromatic N) is 2. The summed E-state index contributed by atoms with van der Waals surface area (Å²) in [6.45, 7) is 2.17. The molecule has 2 aromatic carbocycles. The molecule has 0 N–H and O–H groups in total. The summed E-state index contributed by atoms with van der Waals surface area (Å²) in [5.41, 5.74) is 8.37. The van der Waals surface area contributed by atoms with E-state index in [4.69, 9.17) is 9.72 Å². The fraction of sp³-hybridized carbons (Fsp3) is 0.367. The van der Waals surface area contributed by atoms with Crippen molar-refractivity contribution in [1.29, 1.82) is 5.26 Å². The van der Waals surface area contributed by atoms with Crippen LogP contribution in [0.15, 0.2) is 54.7 Å². The fourth-order valence-corrected chi connectivity index (χ4v) is 5.99. The van der Waals surface area contributed by atoms with Gasteiger partial charge in [-0.1, -0.05) is 42.5 Å². The number of nitriles is 1. The Kier molecular flexibility index (Phi) is 5.03. The van der Waals surface area contributed by atoms with Crippen molar-refractivity contribution in [2.24, 2.45) is 0 Å². The van der Waals surface area contributed by atoms with Gasteiger partial charge in [0.15, 0.2) is 0 Å². The Labute approximate surface area is 200 Å². The third-order valence-electron chi connectivity index (χ3n) is 7.87. The van der Waals surface area contributed by atoms with E-state index >= 15 is 0 Å². The second kappa shape index (κ2) is 8.09. The molecule has 0 saturated heterocycles. The highest BCUT2D eigenvalue weighted by atomic mass is 16.5. The first-order chi connectivity index (χ1) is 16.6. The minimum atomic E-state index is -0.298. The lowest BCUT2D eigenvalue weighted by Gasteiger charge is -2.17. The van der Waals surface area contributed by atoms with Gasteiger partial charge in [0.25, 0.3) is 0 Å². The van der Waals surface area contributed by atoms with Crippen LogP contribution in [0.5, 0.6) is 5.75 Å². The Bertz CT molecular complexity index is 1330. The second-order valence-electron chi connectivity index (χ2n) is 10.2. The van der Waals surface area contributed by atoms with Crippen molar-refractivity contribution in [3.63, 3.8) is 0 Å².